The lowest BCUT2D eigenvalue weighted by Gasteiger charge is -2.10. The van der Waals surface area contributed by atoms with E-state index in [-0.39, 0.29) is 5.91 Å². The third-order valence-corrected chi connectivity index (χ3v) is 4.69. The van der Waals surface area contributed by atoms with E-state index in [0.29, 0.717) is 29.2 Å². The van der Waals surface area contributed by atoms with Crippen LogP contribution in [0.15, 0.2) is 48.9 Å². The average molecular weight is 397 g/mol. The van der Waals surface area contributed by atoms with Crippen molar-refractivity contribution in [2.45, 2.75) is 6.42 Å². The second-order valence-electron chi connectivity index (χ2n) is 6.15. The third-order valence-electron chi connectivity index (χ3n) is 4.45. The number of nitrogens with zero attached hydrogens (tertiary/aromatic N) is 4. The molecule has 0 spiro atoms. The Kier molecular flexibility index (Phi) is 4.94. The van der Waals surface area contributed by atoms with E-state index in [9.17, 15) is 4.79 Å². The second-order valence-corrected chi connectivity index (χ2v) is 6.58. The lowest BCUT2D eigenvalue weighted by Crippen LogP contribution is -2.27. The fraction of sp³-hybridized carbons (Fsp3) is 0.158. The van der Waals surface area contributed by atoms with Gasteiger partial charge >= 0.3 is 0 Å². The molecule has 2 aromatic carbocycles. The molecule has 1 amide bonds. The zero-order valence-electron chi connectivity index (χ0n) is 15.0. The molecule has 0 saturated heterocycles. The molecule has 0 atom stereocenters. The van der Waals surface area contributed by atoms with E-state index >= 15 is 0 Å². The van der Waals surface area contributed by atoms with Crippen LogP contribution in [0.1, 0.15) is 15.9 Å². The molecule has 4 rings (SSSR count). The maximum atomic E-state index is 12.7. The number of hydrogen-bond acceptors (Lipinski definition) is 5. The number of methoxy groups -OCH3 is 1. The van der Waals surface area contributed by atoms with E-state index in [1.807, 2.05) is 24.4 Å². The van der Waals surface area contributed by atoms with Crippen LogP contribution in [0.4, 0.5) is 0 Å². The average Bonchev–Trinajstić information content (AvgIpc) is 3.37. The van der Waals surface area contributed by atoms with Gasteiger partial charge in [-0.15, -0.1) is 5.10 Å². The summed E-state index contributed by atoms with van der Waals surface area (Å²) in [6.07, 6.45) is 4.04. The summed E-state index contributed by atoms with van der Waals surface area (Å²) < 4.78 is 6.70. The molecule has 142 valence electrons. The van der Waals surface area contributed by atoms with E-state index in [1.165, 1.54) is 11.0 Å². The number of rotatable bonds is 6. The number of fused-ring (bicyclic) bond motifs is 1. The van der Waals surface area contributed by atoms with Gasteiger partial charge in [0, 0.05) is 28.7 Å². The molecule has 2 N–H and O–H groups in total. The molecule has 0 fully saturated rings. The second kappa shape index (κ2) is 7.69. The van der Waals surface area contributed by atoms with Crippen molar-refractivity contribution in [1.29, 1.82) is 0 Å². The van der Waals surface area contributed by atoms with Gasteiger partial charge in [0.25, 0.3) is 5.91 Å². The SMILES string of the molecule is COc1ccc2[nH]cc(CCNC(=O)c3ccc(Cl)cc3-n3cnnn3)c2c1. The molecule has 4 aromatic rings. The van der Waals surface area contributed by atoms with Crippen molar-refractivity contribution in [2.75, 3.05) is 13.7 Å². The quantitative estimate of drug-likeness (QED) is 0.522. The van der Waals surface area contributed by atoms with Gasteiger partial charge < -0.3 is 15.0 Å². The lowest BCUT2D eigenvalue weighted by atomic mass is 10.1. The van der Waals surface area contributed by atoms with E-state index < -0.39 is 0 Å². The van der Waals surface area contributed by atoms with Crippen molar-refractivity contribution in [2.24, 2.45) is 0 Å². The first-order valence-electron chi connectivity index (χ1n) is 8.61. The first-order chi connectivity index (χ1) is 13.7. The van der Waals surface area contributed by atoms with Gasteiger partial charge in [0.15, 0.2) is 0 Å². The van der Waals surface area contributed by atoms with Crippen LogP contribution in [0.2, 0.25) is 5.02 Å². The Hall–Kier alpha value is -3.39. The Morgan fingerprint density at radius 1 is 1.29 bits per heavy atom. The first-order valence-corrected chi connectivity index (χ1v) is 8.98. The third kappa shape index (κ3) is 3.54. The predicted octanol–water partition coefficient (Wildman–Crippen LogP) is 2.78. The smallest absolute Gasteiger partial charge is 0.253 e. The molecule has 0 aliphatic heterocycles. The number of H-pyrrole nitrogens is 1. The van der Waals surface area contributed by atoms with Crippen LogP contribution in [0.3, 0.4) is 0 Å². The Morgan fingerprint density at radius 2 is 2.18 bits per heavy atom. The minimum atomic E-state index is -0.223. The van der Waals surface area contributed by atoms with Crippen molar-refractivity contribution >= 4 is 28.4 Å². The number of hydrogen-bond donors (Lipinski definition) is 2. The highest BCUT2D eigenvalue weighted by Crippen LogP contribution is 2.24. The summed E-state index contributed by atoms with van der Waals surface area (Å²) in [5.74, 6) is 0.573. The number of carbonyl (C=O) groups excluding carboxylic acids is 1. The fourth-order valence-electron chi connectivity index (χ4n) is 3.06. The van der Waals surface area contributed by atoms with Gasteiger partial charge in [0.1, 0.15) is 12.1 Å². The normalized spacial score (nSPS) is 10.9. The summed E-state index contributed by atoms with van der Waals surface area (Å²) in [4.78, 5) is 15.9. The Morgan fingerprint density at radius 3 is 2.96 bits per heavy atom. The maximum absolute atomic E-state index is 12.7. The standard InChI is InChI=1S/C19H17ClN6O2/c1-28-14-3-5-17-16(9-14)12(10-22-17)6-7-21-19(27)15-4-2-13(20)8-18(15)26-11-23-24-25-26/h2-5,8-11,22H,6-7H2,1H3,(H,21,27). The molecule has 28 heavy (non-hydrogen) atoms. The Labute approximate surface area is 165 Å². The molecule has 9 heteroatoms. The number of tetrazole rings is 1. The van der Waals surface area contributed by atoms with Crippen LogP contribution in [-0.2, 0) is 6.42 Å². The Balaban J connectivity index is 1.49. The molecular weight excluding hydrogens is 380 g/mol. The summed E-state index contributed by atoms with van der Waals surface area (Å²) in [7, 11) is 1.64. The number of nitrogens with one attached hydrogen (secondary N) is 2. The van der Waals surface area contributed by atoms with Crippen LogP contribution < -0.4 is 10.1 Å². The van der Waals surface area contributed by atoms with Crippen molar-refractivity contribution < 1.29 is 9.53 Å². The first kappa shape index (κ1) is 18.0. The summed E-state index contributed by atoms with van der Waals surface area (Å²) in [5, 5.41) is 15.6. The highest BCUT2D eigenvalue weighted by Gasteiger charge is 2.14. The number of carbonyl (C=O) groups is 1. The monoisotopic (exact) mass is 396 g/mol. The van der Waals surface area contributed by atoms with E-state index in [1.54, 1.807) is 25.3 Å². The molecule has 0 bridgehead atoms. The van der Waals surface area contributed by atoms with Crippen LogP contribution >= 0.6 is 11.6 Å². The van der Waals surface area contributed by atoms with Gasteiger partial charge in [0.2, 0.25) is 0 Å². The largest absolute Gasteiger partial charge is 0.497 e. The van der Waals surface area contributed by atoms with Crippen LogP contribution in [-0.4, -0.2) is 44.8 Å². The van der Waals surface area contributed by atoms with Gasteiger partial charge in [-0.3, -0.25) is 4.79 Å². The molecule has 0 saturated carbocycles. The van der Waals surface area contributed by atoms with Crippen LogP contribution in [0.25, 0.3) is 16.6 Å². The van der Waals surface area contributed by atoms with Crippen LogP contribution in [0, 0.1) is 0 Å². The number of amides is 1. The number of aromatic amines is 1. The van der Waals surface area contributed by atoms with Crippen LogP contribution in [0.5, 0.6) is 5.75 Å². The molecular formula is C19H17ClN6O2. The molecule has 8 nitrogen and oxygen atoms in total. The molecule has 0 radical (unpaired) electrons. The van der Waals surface area contributed by atoms with Gasteiger partial charge in [-0.25, -0.2) is 0 Å². The minimum absolute atomic E-state index is 0.223. The fourth-order valence-corrected chi connectivity index (χ4v) is 3.22. The molecule has 0 aliphatic rings. The summed E-state index contributed by atoms with van der Waals surface area (Å²) in [6.45, 7) is 0.473. The number of benzene rings is 2. The highest BCUT2D eigenvalue weighted by atomic mass is 35.5. The van der Waals surface area contributed by atoms with Gasteiger partial charge in [-0.2, -0.15) is 4.68 Å². The van der Waals surface area contributed by atoms with Crippen molar-refractivity contribution in [1.82, 2.24) is 30.5 Å². The zero-order valence-corrected chi connectivity index (χ0v) is 15.8. The summed E-state index contributed by atoms with van der Waals surface area (Å²) >= 11 is 6.06. The summed E-state index contributed by atoms with van der Waals surface area (Å²) in [6, 6.07) is 10.8. The maximum Gasteiger partial charge on any atom is 0.253 e. The number of aromatic nitrogens is 5. The van der Waals surface area contributed by atoms with Gasteiger partial charge in [0.05, 0.1) is 18.4 Å². The highest BCUT2D eigenvalue weighted by molar-refractivity contribution is 6.31. The molecule has 0 aliphatic carbocycles. The van der Waals surface area contributed by atoms with Crippen molar-refractivity contribution in [3.05, 3.63) is 65.1 Å². The van der Waals surface area contributed by atoms with E-state index in [4.69, 9.17) is 16.3 Å². The summed E-state index contributed by atoms with van der Waals surface area (Å²) in [5.41, 5.74) is 3.09. The van der Waals surface area contributed by atoms with E-state index in [0.717, 1.165) is 22.2 Å². The van der Waals surface area contributed by atoms with Crippen molar-refractivity contribution in [3.63, 3.8) is 0 Å². The van der Waals surface area contributed by atoms with E-state index in [2.05, 4.69) is 25.8 Å². The molecule has 0 unspecified atom stereocenters. The number of halogens is 1. The minimum Gasteiger partial charge on any atom is -0.497 e. The Bertz CT molecular complexity index is 1120. The molecule has 2 heterocycles. The van der Waals surface area contributed by atoms with Crippen molar-refractivity contribution in [3.8, 4) is 11.4 Å². The molecule has 2 aromatic heterocycles. The number of ether oxygens (including phenoxy) is 1. The van der Waals surface area contributed by atoms with Gasteiger partial charge in [-0.1, -0.05) is 11.6 Å². The lowest BCUT2D eigenvalue weighted by molar-refractivity contribution is 0.0954. The topological polar surface area (TPSA) is 97.7 Å². The zero-order chi connectivity index (χ0) is 19.5. The van der Waals surface area contributed by atoms with Gasteiger partial charge in [-0.05, 0) is 58.8 Å². The predicted molar refractivity (Wildman–Crippen MR) is 105 cm³/mol.